The van der Waals surface area contributed by atoms with Gasteiger partial charge in [0.05, 0.1) is 6.20 Å². The molecule has 5 nitrogen and oxygen atoms in total. The van der Waals surface area contributed by atoms with Crippen LogP contribution in [0.4, 0.5) is 5.69 Å². The van der Waals surface area contributed by atoms with Crippen molar-refractivity contribution in [2.24, 2.45) is 0 Å². The van der Waals surface area contributed by atoms with Crippen molar-refractivity contribution in [2.45, 2.75) is 0 Å². The minimum absolute atomic E-state index is 0.907. The number of piperazine rings is 1. The van der Waals surface area contributed by atoms with Gasteiger partial charge in [-0.3, -0.25) is 0 Å². The zero-order valence-corrected chi connectivity index (χ0v) is 10.5. The summed E-state index contributed by atoms with van der Waals surface area (Å²) in [4.78, 5) is 4.78. The van der Waals surface area contributed by atoms with Crippen LogP contribution in [-0.2, 0) is 0 Å². The largest absolute Gasteiger partial charge is 0.368 e. The van der Waals surface area contributed by atoms with E-state index in [0.29, 0.717) is 0 Å². The average molecular weight is 243 g/mol. The molecule has 1 aliphatic rings. The van der Waals surface area contributed by atoms with Crippen molar-refractivity contribution in [3.8, 4) is 11.3 Å². The van der Waals surface area contributed by atoms with E-state index in [2.05, 4.69) is 50.5 Å². The van der Waals surface area contributed by atoms with Gasteiger partial charge >= 0.3 is 0 Å². The molecule has 1 fully saturated rings. The van der Waals surface area contributed by atoms with E-state index >= 15 is 0 Å². The Labute approximate surface area is 106 Å². The number of anilines is 1. The highest BCUT2D eigenvalue weighted by Gasteiger charge is 2.17. The molecule has 3 rings (SSSR count). The second-order valence-corrected chi connectivity index (χ2v) is 4.66. The predicted molar refractivity (Wildman–Crippen MR) is 71.5 cm³/mol. The summed E-state index contributed by atoms with van der Waals surface area (Å²) in [6, 6.07) is 8.39. The summed E-state index contributed by atoms with van der Waals surface area (Å²) in [7, 11) is 2.17. The minimum Gasteiger partial charge on any atom is -0.368 e. The molecule has 0 unspecified atom stereocenters. The van der Waals surface area contributed by atoms with E-state index in [-0.39, 0.29) is 0 Å². The molecule has 0 amide bonds. The first-order valence-corrected chi connectivity index (χ1v) is 6.23. The van der Waals surface area contributed by atoms with Gasteiger partial charge in [0, 0.05) is 37.4 Å². The number of likely N-dealkylation sites (N-methyl/N-ethyl adjacent to an activating group) is 1. The third-order valence-corrected chi connectivity index (χ3v) is 3.44. The van der Waals surface area contributed by atoms with Gasteiger partial charge in [-0.05, 0) is 13.1 Å². The smallest absolute Gasteiger partial charge is 0.114 e. The Morgan fingerprint density at radius 1 is 1.11 bits per heavy atom. The molecule has 2 heterocycles. The van der Waals surface area contributed by atoms with E-state index < -0.39 is 0 Å². The highest BCUT2D eigenvalue weighted by atomic mass is 15.3. The molecule has 18 heavy (non-hydrogen) atoms. The van der Waals surface area contributed by atoms with E-state index in [4.69, 9.17) is 0 Å². The van der Waals surface area contributed by atoms with Crippen molar-refractivity contribution in [2.75, 3.05) is 38.1 Å². The molecular formula is C13H17N5. The normalized spacial score (nSPS) is 17.1. The minimum atomic E-state index is 0.907. The van der Waals surface area contributed by atoms with Crippen LogP contribution in [0.25, 0.3) is 11.3 Å². The number of para-hydroxylation sites is 1. The first-order chi connectivity index (χ1) is 8.84. The lowest BCUT2D eigenvalue weighted by Crippen LogP contribution is -2.44. The molecule has 0 aliphatic carbocycles. The van der Waals surface area contributed by atoms with E-state index in [1.54, 1.807) is 6.20 Å². The molecule has 1 N–H and O–H groups in total. The summed E-state index contributed by atoms with van der Waals surface area (Å²) in [5.41, 5.74) is 3.31. The maximum absolute atomic E-state index is 4.18. The van der Waals surface area contributed by atoms with Crippen molar-refractivity contribution in [3.05, 3.63) is 30.5 Å². The van der Waals surface area contributed by atoms with E-state index in [1.807, 2.05) is 6.07 Å². The number of H-pyrrole nitrogens is 1. The Bertz CT molecular complexity index is 500. The fraction of sp³-hybridized carbons (Fsp3) is 0.385. The Morgan fingerprint density at radius 3 is 2.61 bits per heavy atom. The summed E-state index contributed by atoms with van der Waals surface area (Å²) >= 11 is 0. The van der Waals surface area contributed by atoms with Crippen molar-refractivity contribution in [1.82, 2.24) is 20.3 Å². The molecule has 5 heteroatoms. The molecule has 0 atom stereocenters. The van der Waals surface area contributed by atoms with Gasteiger partial charge in [-0.15, -0.1) is 0 Å². The molecule has 0 saturated carbocycles. The number of hydrogen-bond acceptors (Lipinski definition) is 4. The molecule has 1 aromatic heterocycles. The van der Waals surface area contributed by atoms with Crippen LogP contribution in [0.2, 0.25) is 0 Å². The van der Waals surface area contributed by atoms with Crippen molar-refractivity contribution in [1.29, 1.82) is 0 Å². The summed E-state index contributed by atoms with van der Waals surface area (Å²) in [5, 5.41) is 10.8. The monoisotopic (exact) mass is 243 g/mol. The van der Waals surface area contributed by atoms with Gasteiger partial charge in [0.25, 0.3) is 0 Å². The quantitative estimate of drug-likeness (QED) is 0.861. The van der Waals surface area contributed by atoms with Crippen molar-refractivity contribution in [3.63, 3.8) is 0 Å². The average Bonchev–Trinajstić information content (AvgIpc) is 2.93. The van der Waals surface area contributed by atoms with Crippen LogP contribution in [0.3, 0.4) is 0 Å². The number of hydrogen-bond donors (Lipinski definition) is 1. The number of aromatic amines is 1. The zero-order valence-electron chi connectivity index (χ0n) is 10.5. The number of benzene rings is 1. The number of nitrogens with one attached hydrogen (secondary N) is 1. The second-order valence-electron chi connectivity index (χ2n) is 4.66. The van der Waals surface area contributed by atoms with Gasteiger partial charge in [-0.1, -0.05) is 18.2 Å². The Hall–Kier alpha value is -1.88. The topological polar surface area (TPSA) is 48.0 Å². The molecule has 0 bridgehead atoms. The van der Waals surface area contributed by atoms with Gasteiger partial charge in [0.2, 0.25) is 0 Å². The van der Waals surface area contributed by atoms with Crippen LogP contribution in [0, 0.1) is 0 Å². The van der Waals surface area contributed by atoms with E-state index in [0.717, 1.165) is 37.4 Å². The highest BCUT2D eigenvalue weighted by Crippen LogP contribution is 2.29. The molecule has 0 radical (unpaired) electrons. The summed E-state index contributed by atoms with van der Waals surface area (Å²) in [5.74, 6) is 0. The first-order valence-electron chi connectivity index (χ1n) is 6.23. The maximum atomic E-state index is 4.18. The number of nitrogens with zero attached hydrogens (tertiary/aromatic N) is 4. The molecule has 94 valence electrons. The fourth-order valence-corrected chi connectivity index (χ4v) is 2.34. The standard InChI is InChI=1S/C13H17N5/c1-17-6-8-18(9-7-17)13-5-3-2-4-11(13)12-10-14-16-15-12/h2-5,10H,6-9H2,1H3,(H,14,15,16). The molecule has 0 spiro atoms. The van der Waals surface area contributed by atoms with Crippen molar-refractivity contribution >= 4 is 5.69 Å². The lowest BCUT2D eigenvalue weighted by atomic mass is 10.1. The van der Waals surface area contributed by atoms with E-state index in [9.17, 15) is 0 Å². The van der Waals surface area contributed by atoms with Gasteiger partial charge in [-0.2, -0.15) is 15.4 Å². The van der Waals surface area contributed by atoms with Gasteiger partial charge in [0.1, 0.15) is 5.69 Å². The fourth-order valence-electron chi connectivity index (χ4n) is 2.34. The van der Waals surface area contributed by atoms with Crippen LogP contribution >= 0.6 is 0 Å². The molecule has 1 aliphatic heterocycles. The lowest BCUT2D eigenvalue weighted by Gasteiger charge is -2.35. The third-order valence-electron chi connectivity index (χ3n) is 3.44. The second kappa shape index (κ2) is 4.78. The lowest BCUT2D eigenvalue weighted by molar-refractivity contribution is 0.313. The molecule has 1 saturated heterocycles. The zero-order chi connectivity index (χ0) is 12.4. The van der Waals surface area contributed by atoms with Crippen LogP contribution in [0.5, 0.6) is 0 Å². The van der Waals surface area contributed by atoms with Gasteiger partial charge < -0.3 is 9.80 Å². The summed E-state index contributed by atoms with van der Waals surface area (Å²) in [6.45, 7) is 4.33. The predicted octanol–water partition coefficient (Wildman–Crippen LogP) is 1.22. The maximum Gasteiger partial charge on any atom is 0.114 e. The van der Waals surface area contributed by atoms with Crippen LogP contribution < -0.4 is 4.90 Å². The van der Waals surface area contributed by atoms with Crippen LogP contribution in [0.15, 0.2) is 30.5 Å². The molecular weight excluding hydrogens is 226 g/mol. The Kier molecular flexibility index (Phi) is 2.98. The van der Waals surface area contributed by atoms with E-state index in [1.165, 1.54) is 5.69 Å². The summed E-state index contributed by atoms with van der Waals surface area (Å²) < 4.78 is 0. The third kappa shape index (κ3) is 2.09. The number of rotatable bonds is 2. The Morgan fingerprint density at radius 2 is 1.89 bits per heavy atom. The highest BCUT2D eigenvalue weighted by molar-refractivity contribution is 5.75. The molecule has 1 aromatic carbocycles. The van der Waals surface area contributed by atoms with Crippen LogP contribution in [0.1, 0.15) is 0 Å². The SMILES string of the molecule is CN1CCN(c2ccccc2-c2cn[nH]n2)CC1. The van der Waals surface area contributed by atoms with Crippen molar-refractivity contribution < 1.29 is 0 Å². The summed E-state index contributed by atoms with van der Waals surface area (Å²) in [6.07, 6.45) is 1.77. The number of aromatic nitrogens is 3. The molecule has 2 aromatic rings. The van der Waals surface area contributed by atoms with Crippen LogP contribution in [-0.4, -0.2) is 53.5 Å². The van der Waals surface area contributed by atoms with Gasteiger partial charge in [0.15, 0.2) is 0 Å². The first kappa shape index (κ1) is 11.2. The Balaban J connectivity index is 1.92. The van der Waals surface area contributed by atoms with Gasteiger partial charge in [-0.25, -0.2) is 0 Å².